The molecule has 6 heteroatoms. The van der Waals surface area contributed by atoms with Gasteiger partial charge in [0.25, 0.3) is 0 Å². The summed E-state index contributed by atoms with van der Waals surface area (Å²) in [5, 5.41) is 32.6. The number of carbonyl (C=O) groups is 1. The van der Waals surface area contributed by atoms with E-state index >= 15 is 0 Å². The Morgan fingerprint density at radius 1 is 1.08 bits per heavy atom. The minimum Gasteiger partial charge on any atom is -0.336 e. The Bertz CT molecular complexity index is 816. The predicted octanol–water partition coefficient (Wildman–Crippen LogP) is 1.38. The third-order valence-corrected chi connectivity index (χ3v) is 6.08. The Morgan fingerprint density at radius 3 is 2.17 bits per heavy atom. The standard InChI is InChI=1S/C18H17N5O/c1-11-14(13-6-4-3-5-7-13)16(8-19,9-20)17(10-21)12(2)18(11,22)23-15(17)24/h3-7,11-12,14H,22H2,1-2H3,(H,23,24)/t11-,12-,14+,17-,18-/m1/s1. The van der Waals surface area contributed by atoms with E-state index in [2.05, 4.69) is 5.32 Å². The molecule has 24 heavy (non-hydrogen) atoms. The van der Waals surface area contributed by atoms with Crippen LogP contribution in [0.5, 0.6) is 0 Å². The van der Waals surface area contributed by atoms with Crippen molar-refractivity contribution < 1.29 is 4.79 Å². The molecule has 1 aromatic carbocycles. The van der Waals surface area contributed by atoms with Crippen molar-refractivity contribution >= 4 is 5.91 Å². The number of amides is 1. The van der Waals surface area contributed by atoms with E-state index in [1.807, 2.05) is 31.2 Å². The van der Waals surface area contributed by atoms with E-state index in [0.29, 0.717) is 0 Å². The monoisotopic (exact) mass is 319 g/mol. The van der Waals surface area contributed by atoms with Crippen molar-refractivity contribution in [1.82, 2.24) is 5.32 Å². The Kier molecular flexibility index (Phi) is 3.20. The van der Waals surface area contributed by atoms with Gasteiger partial charge in [-0.2, -0.15) is 15.8 Å². The van der Waals surface area contributed by atoms with Crippen LogP contribution in [0.25, 0.3) is 0 Å². The Morgan fingerprint density at radius 2 is 1.67 bits per heavy atom. The molecule has 2 fully saturated rings. The van der Waals surface area contributed by atoms with Crippen LogP contribution in [-0.2, 0) is 4.79 Å². The van der Waals surface area contributed by atoms with E-state index in [4.69, 9.17) is 5.73 Å². The number of fused-ring (bicyclic) bond motifs is 2. The first kappa shape index (κ1) is 16.0. The second-order valence-corrected chi connectivity index (χ2v) is 6.74. The van der Waals surface area contributed by atoms with Gasteiger partial charge < -0.3 is 11.1 Å². The van der Waals surface area contributed by atoms with Crippen molar-refractivity contribution in [2.24, 2.45) is 28.4 Å². The molecule has 1 aromatic rings. The number of carbonyl (C=O) groups excluding carboxylic acids is 1. The minimum absolute atomic E-state index is 0.401. The lowest BCUT2D eigenvalue weighted by Gasteiger charge is -2.52. The lowest BCUT2D eigenvalue weighted by molar-refractivity contribution is -0.129. The molecule has 0 spiro atoms. The molecule has 3 rings (SSSR count). The van der Waals surface area contributed by atoms with Crippen LogP contribution in [0, 0.1) is 56.7 Å². The highest BCUT2D eigenvalue weighted by molar-refractivity contribution is 5.93. The normalized spacial score (nSPS) is 39.2. The first-order valence-electron chi connectivity index (χ1n) is 7.76. The molecule has 1 heterocycles. The van der Waals surface area contributed by atoms with Crippen LogP contribution in [0.3, 0.4) is 0 Å². The predicted molar refractivity (Wildman–Crippen MR) is 84.3 cm³/mol. The molecule has 6 nitrogen and oxygen atoms in total. The van der Waals surface area contributed by atoms with Crippen LogP contribution >= 0.6 is 0 Å². The van der Waals surface area contributed by atoms with Crippen molar-refractivity contribution in [3.05, 3.63) is 35.9 Å². The quantitative estimate of drug-likeness (QED) is 0.808. The third-order valence-electron chi connectivity index (χ3n) is 6.08. The van der Waals surface area contributed by atoms with E-state index in [1.54, 1.807) is 31.2 Å². The van der Waals surface area contributed by atoms with Gasteiger partial charge in [-0.05, 0) is 5.56 Å². The number of nitrogens with two attached hydrogens (primary N) is 1. The molecule has 120 valence electrons. The average molecular weight is 319 g/mol. The molecule has 0 radical (unpaired) electrons. The molecule has 3 N–H and O–H groups in total. The largest absolute Gasteiger partial charge is 0.336 e. The van der Waals surface area contributed by atoms with Crippen molar-refractivity contribution in [1.29, 1.82) is 15.8 Å². The number of hydrogen-bond donors (Lipinski definition) is 2. The fourth-order valence-corrected chi connectivity index (χ4v) is 4.66. The highest BCUT2D eigenvalue weighted by Gasteiger charge is 2.79. The van der Waals surface area contributed by atoms with Crippen LogP contribution in [0.1, 0.15) is 25.3 Å². The highest BCUT2D eigenvalue weighted by Crippen LogP contribution is 2.66. The van der Waals surface area contributed by atoms with Crippen molar-refractivity contribution in [2.45, 2.75) is 25.4 Å². The maximum atomic E-state index is 12.8. The average Bonchev–Trinajstić information content (AvgIpc) is 2.77. The molecule has 2 aliphatic rings. The summed E-state index contributed by atoms with van der Waals surface area (Å²) in [4.78, 5) is 12.8. The summed E-state index contributed by atoms with van der Waals surface area (Å²) in [5.41, 5.74) is 2.45. The summed E-state index contributed by atoms with van der Waals surface area (Å²) in [6.07, 6.45) is 0. The van der Waals surface area contributed by atoms with Crippen LogP contribution in [0.2, 0.25) is 0 Å². The molecule has 2 bridgehead atoms. The number of rotatable bonds is 1. The number of nitrogens with zero attached hydrogens (tertiary/aromatic N) is 3. The SMILES string of the molecule is C[C@@H]1[C@@H](c2ccccc2)C(C#N)(C#N)[C@@]2(C#N)C(=O)N[C@@]1(N)[C@@H]2C. The van der Waals surface area contributed by atoms with Gasteiger partial charge in [0.1, 0.15) is 0 Å². The van der Waals surface area contributed by atoms with Crippen LogP contribution in [0.4, 0.5) is 0 Å². The zero-order valence-electron chi connectivity index (χ0n) is 13.4. The van der Waals surface area contributed by atoms with Gasteiger partial charge in [0.15, 0.2) is 10.8 Å². The van der Waals surface area contributed by atoms with Gasteiger partial charge in [-0.1, -0.05) is 44.2 Å². The van der Waals surface area contributed by atoms with Gasteiger partial charge in [-0.15, -0.1) is 0 Å². The fourth-order valence-electron chi connectivity index (χ4n) is 4.66. The summed E-state index contributed by atoms with van der Waals surface area (Å²) in [6, 6.07) is 15.1. The molecule has 1 saturated carbocycles. The van der Waals surface area contributed by atoms with E-state index < -0.39 is 40.2 Å². The van der Waals surface area contributed by atoms with Crippen LogP contribution in [-0.4, -0.2) is 11.6 Å². The molecule has 0 unspecified atom stereocenters. The topological polar surface area (TPSA) is 126 Å². The van der Waals surface area contributed by atoms with Crippen molar-refractivity contribution in [3.8, 4) is 18.2 Å². The van der Waals surface area contributed by atoms with Gasteiger partial charge in [0.2, 0.25) is 5.91 Å². The van der Waals surface area contributed by atoms with Gasteiger partial charge in [0, 0.05) is 17.8 Å². The van der Waals surface area contributed by atoms with Gasteiger partial charge in [-0.3, -0.25) is 4.79 Å². The molecular formula is C18H17N5O. The fraction of sp³-hybridized carbons (Fsp3) is 0.444. The summed E-state index contributed by atoms with van der Waals surface area (Å²) < 4.78 is 0. The molecular weight excluding hydrogens is 302 g/mol. The first-order valence-corrected chi connectivity index (χ1v) is 7.76. The van der Waals surface area contributed by atoms with E-state index in [-0.39, 0.29) is 0 Å². The van der Waals surface area contributed by atoms with Gasteiger partial charge >= 0.3 is 0 Å². The molecule has 1 aliphatic carbocycles. The van der Waals surface area contributed by atoms with Crippen LogP contribution < -0.4 is 11.1 Å². The van der Waals surface area contributed by atoms with Crippen LogP contribution in [0.15, 0.2) is 30.3 Å². The maximum Gasteiger partial charge on any atom is 0.245 e. The summed E-state index contributed by atoms with van der Waals surface area (Å²) in [5.74, 6) is -2.36. The smallest absolute Gasteiger partial charge is 0.245 e. The van der Waals surface area contributed by atoms with Gasteiger partial charge in [-0.25, -0.2) is 0 Å². The molecule has 5 atom stereocenters. The maximum absolute atomic E-state index is 12.8. The van der Waals surface area contributed by atoms with Gasteiger partial charge in [0.05, 0.1) is 23.9 Å². The molecule has 0 aromatic heterocycles. The molecule has 1 amide bonds. The minimum atomic E-state index is -1.81. The second-order valence-electron chi connectivity index (χ2n) is 6.74. The Balaban J connectivity index is 2.40. The Labute approximate surface area is 140 Å². The highest BCUT2D eigenvalue weighted by atomic mass is 16.2. The van der Waals surface area contributed by atoms with Crippen molar-refractivity contribution in [3.63, 3.8) is 0 Å². The lowest BCUT2D eigenvalue weighted by Crippen LogP contribution is -2.66. The summed E-state index contributed by atoms with van der Waals surface area (Å²) >= 11 is 0. The second kappa shape index (κ2) is 4.81. The number of nitrogens with one attached hydrogen (secondary N) is 1. The summed E-state index contributed by atoms with van der Waals surface area (Å²) in [6.45, 7) is 3.49. The van der Waals surface area contributed by atoms with E-state index in [9.17, 15) is 20.6 Å². The van der Waals surface area contributed by atoms with E-state index in [1.165, 1.54) is 0 Å². The number of nitriles is 3. The zero-order valence-corrected chi connectivity index (χ0v) is 13.4. The molecule has 1 aliphatic heterocycles. The number of benzene rings is 1. The molecule has 1 saturated heterocycles. The number of hydrogen-bond acceptors (Lipinski definition) is 5. The van der Waals surface area contributed by atoms with E-state index in [0.717, 1.165) is 5.56 Å². The lowest BCUT2D eigenvalue weighted by atomic mass is 9.45. The summed E-state index contributed by atoms with van der Waals surface area (Å²) in [7, 11) is 0. The zero-order chi connectivity index (χ0) is 17.8. The Hall–Kier alpha value is -2.88. The third kappa shape index (κ3) is 1.44. The van der Waals surface area contributed by atoms with Crippen molar-refractivity contribution in [2.75, 3.05) is 0 Å². The first-order chi connectivity index (χ1) is 11.4.